The monoisotopic (exact) mass is 248 g/mol. The van der Waals surface area contributed by atoms with Gasteiger partial charge < -0.3 is 9.88 Å². The van der Waals surface area contributed by atoms with Gasteiger partial charge >= 0.3 is 0 Å². The molecule has 0 unspecified atom stereocenters. The Hall–Kier alpha value is -1.35. The molecule has 98 valence electrons. The predicted octanol–water partition coefficient (Wildman–Crippen LogP) is 3.56. The van der Waals surface area contributed by atoms with Crippen LogP contribution in [-0.2, 0) is 6.54 Å². The van der Waals surface area contributed by atoms with E-state index >= 15 is 0 Å². The van der Waals surface area contributed by atoms with Crippen LogP contribution < -0.4 is 5.32 Å². The highest BCUT2D eigenvalue weighted by Gasteiger charge is 2.07. The van der Waals surface area contributed by atoms with Gasteiger partial charge in [0, 0.05) is 18.3 Å². The lowest BCUT2D eigenvalue weighted by atomic mass is 10.1. The number of hydrogen-bond donors (Lipinski definition) is 1. The molecule has 2 aromatic rings. The third-order valence-corrected chi connectivity index (χ3v) is 2.97. The minimum absolute atomic E-state index is 0.158. The summed E-state index contributed by atoms with van der Waals surface area (Å²) >= 11 is 0. The summed E-state index contributed by atoms with van der Waals surface area (Å²) in [5.41, 5.74) is 1.14. The molecule has 0 radical (unpaired) electrons. The van der Waals surface area contributed by atoms with Gasteiger partial charge in [0.05, 0.1) is 5.52 Å². The van der Waals surface area contributed by atoms with Crippen LogP contribution >= 0.6 is 0 Å². The predicted molar refractivity (Wildman–Crippen MR) is 74.3 cm³/mol. The van der Waals surface area contributed by atoms with E-state index < -0.39 is 0 Å². The molecule has 0 aliphatic rings. The SMILES string of the molecule is CC(C)(C)NCCCn1ccc2ccc(F)cc21. The number of benzene rings is 1. The summed E-state index contributed by atoms with van der Waals surface area (Å²) in [6.45, 7) is 8.36. The van der Waals surface area contributed by atoms with Crippen LogP contribution in [0.2, 0.25) is 0 Å². The van der Waals surface area contributed by atoms with Crippen molar-refractivity contribution in [1.82, 2.24) is 9.88 Å². The standard InChI is InChI=1S/C15H21FN2/c1-15(2,3)17-8-4-9-18-10-7-12-5-6-13(16)11-14(12)18/h5-7,10-11,17H,4,8-9H2,1-3H3. The zero-order valence-corrected chi connectivity index (χ0v) is 11.3. The van der Waals surface area contributed by atoms with Crippen LogP contribution in [0, 0.1) is 5.82 Å². The summed E-state index contributed by atoms with van der Waals surface area (Å²) in [5.74, 6) is -0.171. The largest absolute Gasteiger partial charge is 0.347 e. The van der Waals surface area contributed by atoms with E-state index in [9.17, 15) is 4.39 Å². The summed E-state index contributed by atoms with van der Waals surface area (Å²) < 4.78 is 15.3. The third-order valence-electron chi connectivity index (χ3n) is 2.97. The van der Waals surface area contributed by atoms with E-state index in [1.807, 2.05) is 18.3 Å². The molecule has 3 heteroatoms. The van der Waals surface area contributed by atoms with Gasteiger partial charge in [-0.15, -0.1) is 0 Å². The van der Waals surface area contributed by atoms with Gasteiger partial charge in [-0.05, 0) is 63.4 Å². The Kier molecular flexibility index (Phi) is 3.71. The molecule has 1 aromatic heterocycles. The molecule has 0 atom stereocenters. The van der Waals surface area contributed by atoms with E-state index in [2.05, 4.69) is 30.7 Å². The second kappa shape index (κ2) is 5.11. The number of rotatable bonds is 4. The first kappa shape index (κ1) is 13.1. The van der Waals surface area contributed by atoms with Crippen molar-refractivity contribution >= 4 is 10.9 Å². The van der Waals surface area contributed by atoms with Crippen molar-refractivity contribution in [3.63, 3.8) is 0 Å². The first-order valence-electron chi connectivity index (χ1n) is 6.45. The average molecular weight is 248 g/mol. The Morgan fingerprint density at radius 3 is 2.72 bits per heavy atom. The van der Waals surface area contributed by atoms with Crippen molar-refractivity contribution in [1.29, 1.82) is 0 Å². The van der Waals surface area contributed by atoms with Gasteiger partial charge in [-0.2, -0.15) is 0 Å². The van der Waals surface area contributed by atoms with E-state index in [-0.39, 0.29) is 11.4 Å². The number of fused-ring (bicyclic) bond motifs is 1. The number of aromatic nitrogens is 1. The van der Waals surface area contributed by atoms with Gasteiger partial charge in [-0.25, -0.2) is 4.39 Å². The van der Waals surface area contributed by atoms with Crippen molar-refractivity contribution < 1.29 is 4.39 Å². The topological polar surface area (TPSA) is 17.0 Å². The van der Waals surface area contributed by atoms with Crippen molar-refractivity contribution in [3.05, 3.63) is 36.3 Å². The molecule has 18 heavy (non-hydrogen) atoms. The normalized spacial score (nSPS) is 12.2. The van der Waals surface area contributed by atoms with Crippen LogP contribution in [-0.4, -0.2) is 16.7 Å². The highest BCUT2D eigenvalue weighted by atomic mass is 19.1. The number of hydrogen-bond acceptors (Lipinski definition) is 1. The van der Waals surface area contributed by atoms with Gasteiger partial charge in [-0.3, -0.25) is 0 Å². The van der Waals surface area contributed by atoms with Crippen LogP contribution in [0.5, 0.6) is 0 Å². The molecule has 0 fully saturated rings. The molecule has 0 aliphatic carbocycles. The Morgan fingerprint density at radius 2 is 2.00 bits per heavy atom. The van der Waals surface area contributed by atoms with Gasteiger partial charge in [0.15, 0.2) is 0 Å². The lowest BCUT2D eigenvalue weighted by molar-refractivity contribution is 0.414. The molecule has 0 amide bonds. The quantitative estimate of drug-likeness (QED) is 0.819. The number of nitrogens with one attached hydrogen (secondary N) is 1. The minimum Gasteiger partial charge on any atom is -0.347 e. The van der Waals surface area contributed by atoms with Gasteiger partial charge in [0.1, 0.15) is 5.82 Å². The van der Waals surface area contributed by atoms with E-state index in [0.29, 0.717) is 0 Å². The molecule has 0 saturated carbocycles. The maximum atomic E-state index is 13.2. The van der Waals surface area contributed by atoms with E-state index in [1.54, 1.807) is 6.07 Å². The highest BCUT2D eigenvalue weighted by molar-refractivity contribution is 5.80. The smallest absolute Gasteiger partial charge is 0.125 e. The third kappa shape index (κ3) is 3.33. The molecule has 0 aliphatic heterocycles. The first-order valence-corrected chi connectivity index (χ1v) is 6.45. The highest BCUT2D eigenvalue weighted by Crippen LogP contribution is 2.17. The molecule has 1 N–H and O–H groups in total. The molecule has 1 heterocycles. The fourth-order valence-electron chi connectivity index (χ4n) is 2.06. The fraction of sp³-hybridized carbons (Fsp3) is 0.467. The average Bonchev–Trinajstić information content (AvgIpc) is 2.66. The molecule has 2 nitrogen and oxygen atoms in total. The van der Waals surface area contributed by atoms with Crippen LogP contribution in [0.15, 0.2) is 30.5 Å². The maximum Gasteiger partial charge on any atom is 0.125 e. The Labute approximate surface area is 108 Å². The van der Waals surface area contributed by atoms with Gasteiger partial charge in [0.25, 0.3) is 0 Å². The zero-order valence-electron chi connectivity index (χ0n) is 11.3. The van der Waals surface area contributed by atoms with Gasteiger partial charge in [0.2, 0.25) is 0 Å². The minimum atomic E-state index is -0.171. The lowest BCUT2D eigenvalue weighted by Gasteiger charge is -2.20. The summed E-state index contributed by atoms with van der Waals surface area (Å²) in [7, 11) is 0. The Morgan fingerprint density at radius 1 is 1.22 bits per heavy atom. The molecular formula is C15H21FN2. The summed E-state index contributed by atoms with van der Waals surface area (Å²) in [4.78, 5) is 0. The lowest BCUT2D eigenvalue weighted by Crippen LogP contribution is -2.36. The Balaban J connectivity index is 1.98. The van der Waals surface area contributed by atoms with Crippen molar-refractivity contribution in [2.45, 2.75) is 39.3 Å². The van der Waals surface area contributed by atoms with Gasteiger partial charge in [-0.1, -0.05) is 0 Å². The summed E-state index contributed by atoms with van der Waals surface area (Å²) in [5, 5.41) is 4.55. The van der Waals surface area contributed by atoms with E-state index in [4.69, 9.17) is 0 Å². The number of halogens is 1. The summed E-state index contributed by atoms with van der Waals surface area (Å²) in [6, 6.07) is 6.97. The van der Waals surface area contributed by atoms with E-state index in [0.717, 1.165) is 30.4 Å². The molecule has 0 spiro atoms. The van der Waals surface area contributed by atoms with Crippen molar-refractivity contribution in [3.8, 4) is 0 Å². The Bertz CT molecular complexity index is 523. The van der Waals surface area contributed by atoms with Crippen LogP contribution in [0.1, 0.15) is 27.2 Å². The van der Waals surface area contributed by atoms with Crippen LogP contribution in [0.25, 0.3) is 10.9 Å². The zero-order chi connectivity index (χ0) is 13.2. The molecule has 0 saturated heterocycles. The second-order valence-electron chi connectivity index (χ2n) is 5.74. The first-order chi connectivity index (χ1) is 8.46. The number of nitrogens with zero attached hydrogens (tertiary/aromatic N) is 1. The fourth-order valence-corrected chi connectivity index (χ4v) is 2.06. The van der Waals surface area contributed by atoms with E-state index in [1.165, 1.54) is 6.07 Å². The summed E-state index contributed by atoms with van der Waals surface area (Å²) in [6.07, 6.45) is 3.07. The van der Waals surface area contributed by atoms with Crippen LogP contribution in [0.4, 0.5) is 4.39 Å². The van der Waals surface area contributed by atoms with Crippen molar-refractivity contribution in [2.24, 2.45) is 0 Å². The molecule has 1 aromatic carbocycles. The molecule has 2 rings (SSSR count). The van der Waals surface area contributed by atoms with Crippen molar-refractivity contribution in [2.75, 3.05) is 6.54 Å². The van der Waals surface area contributed by atoms with Crippen LogP contribution in [0.3, 0.4) is 0 Å². The molecular weight excluding hydrogens is 227 g/mol. The number of aryl methyl sites for hydroxylation is 1. The second-order valence-corrected chi connectivity index (χ2v) is 5.74. The molecule has 0 bridgehead atoms. The maximum absolute atomic E-state index is 13.2.